The van der Waals surface area contributed by atoms with E-state index in [1.165, 1.54) is 0 Å². The van der Waals surface area contributed by atoms with Gasteiger partial charge in [0.05, 0.1) is 18.2 Å². The lowest BCUT2D eigenvalue weighted by molar-refractivity contribution is -0.254. The molecule has 1 aliphatic heterocycles. The van der Waals surface area contributed by atoms with E-state index in [2.05, 4.69) is 38.3 Å². The van der Waals surface area contributed by atoms with E-state index in [0.717, 1.165) is 59.1 Å². The second-order valence-electron chi connectivity index (χ2n) is 16.6. The summed E-state index contributed by atoms with van der Waals surface area (Å²) >= 11 is 0. The van der Waals surface area contributed by atoms with Gasteiger partial charge in [-0.1, -0.05) is 80.1 Å². The Bertz CT molecular complexity index is 1930. The topological polar surface area (TPSA) is 110 Å². The predicted molar refractivity (Wildman–Crippen MR) is 227 cm³/mol. The number of carbonyl (C=O) groups excluding carboxylic acids is 1. The van der Waals surface area contributed by atoms with Crippen LogP contribution in [0.4, 0.5) is 0 Å². The molecule has 57 heavy (non-hydrogen) atoms. The number of fused-ring (bicyclic) bond motifs is 3. The van der Waals surface area contributed by atoms with Gasteiger partial charge in [-0.2, -0.15) is 0 Å². The summed E-state index contributed by atoms with van der Waals surface area (Å²) in [6.07, 6.45) is 11.7. The highest BCUT2D eigenvalue weighted by molar-refractivity contribution is 6.04. The molecule has 3 aromatic rings. The molecule has 0 unspecified atom stereocenters. The number of hydrogen-bond acceptors (Lipinski definition) is 8. The molecule has 9 nitrogen and oxygen atoms in total. The minimum absolute atomic E-state index is 0.103. The van der Waals surface area contributed by atoms with Crippen molar-refractivity contribution in [2.24, 2.45) is 22.9 Å². The van der Waals surface area contributed by atoms with Crippen LogP contribution in [0.1, 0.15) is 101 Å². The van der Waals surface area contributed by atoms with Crippen LogP contribution in [-0.2, 0) is 9.57 Å². The van der Waals surface area contributed by atoms with Crippen LogP contribution in [0.5, 0.6) is 11.5 Å². The van der Waals surface area contributed by atoms with Gasteiger partial charge in [0.25, 0.3) is 5.91 Å². The summed E-state index contributed by atoms with van der Waals surface area (Å²) in [6.45, 7) is 17.2. The van der Waals surface area contributed by atoms with Crippen LogP contribution >= 0.6 is 0 Å². The standard InChI is InChI=1S/C48H62N2O7/c1-7-24-50(46(53)36-21-20-33-16-10-11-17-34(33)29-36)43-32-41(49-57-47(4,5)6)39-30-35(18-12-14-25-51)38(19-13-15-26-52)44-40-31-37(54-27-8-2)22-23-42(40)56-48(43,45(39)44)55-28-9-3/h8-11,16-17,20-23,29-31,35,38,43-45,51-52H,2-3,7,12-15,18-19,24-28,32H2,1,4-6H3/t35-,38+,43-,44+,45+,48+/m0/s1. The van der Waals surface area contributed by atoms with E-state index in [1.54, 1.807) is 12.2 Å². The average Bonchev–Trinajstić information content (AvgIpc) is 3.21. The van der Waals surface area contributed by atoms with Crippen LogP contribution in [0, 0.1) is 17.8 Å². The van der Waals surface area contributed by atoms with Crippen molar-refractivity contribution in [2.45, 2.75) is 102 Å². The molecule has 1 heterocycles. The van der Waals surface area contributed by atoms with Crippen molar-refractivity contribution in [1.82, 2.24) is 4.90 Å². The van der Waals surface area contributed by atoms with Gasteiger partial charge >= 0.3 is 0 Å². The van der Waals surface area contributed by atoms with Crippen molar-refractivity contribution >= 4 is 22.4 Å². The number of nitrogens with zero attached hydrogens (tertiary/aromatic N) is 2. The van der Waals surface area contributed by atoms with Crippen molar-refractivity contribution in [1.29, 1.82) is 0 Å². The number of rotatable bonds is 19. The summed E-state index contributed by atoms with van der Waals surface area (Å²) in [5, 5.41) is 26.8. The molecule has 0 saturated heterocycles. The van der Waals surface area contributed by atoms with Gasteiger partial charge in [0.15, 0.2) is 0 Å². The summed E-state index contributed by atoms with van der Waals surface area (Å²) < 4.78 is 20.6. The number of amides is 1. The van der Waals surface area contributed by atoms with E-state index in [1.807, 2.05) is 74.2 Å². The molecular weight excluding hydrogens is 717 g/mol. The number of benzene rings is 3. The molecule has 9 heteroatoms. The highest BCUT2D eigenvalue weighted by atomic mass is 16.7. The van der Waals surface area contributed by atoms with Crippen LogP contribution < -0.4 is 9.47 Å². The number of ether oxygens (including phenoxy) is 3. The Morgan fingerprint density at radius 2 is 1.70 bits per heavy atom. The highest BCUT2D eigenvalue weighted by Crippen LogP contribution is 2.62. The Balaban J connectivity index is 1.61. The maximum Gasteiger partial charge on any atom is 0.254 e. The SMILES string of the molecule is C=CCOc1ccc2c(c1)[C@H]1[C@H](CCCCO)[C@@H](CCCCO)C=C3C(=NOC(C)(C)C)C[C@H](N(CCC)C(=O)c4ccc5ccccc5c4)[C@@](OCC=C)(O2)[C@H]31. The quantitative estimate of drug-likeness (QED) is 0.0709. The first kappa shape index (κ1) is 42.2. The zero-order valence-corrected chi connectivity index (χ0v) is 34.3. The molecule has 0 spiro atoms. The third kappa shape index (κ3) is 9.16. The van der Waals surface area contributed by atoms with Crippen molar-refractivity contribution in [3.8, 4) is 11.5 Å². The Kier molecular flexibility index (Phi) is 14.0. The summed E-state index contributed by atoms with van der Waals surface area (Å²) in [5.41, 5.74) is 2.84. The van der Waals surface area contributed by atoms with Gasteiger partial charge < -0.3 is 34.2 Å². The third-order valence-corrected chi connectivity index (χ3v) is 11.5. The van der Waals surface area contributed by atoms with Crippen molar-refractivity contribution < 1.29 is 34.1 Å². The number of aliphatic hydroxyl groups excluding tert-OH is 2. The fourth-order valence-corrected chi connectivity index (χ4v) is 9.21. The smallest absolute Gasteiger partial charge is 0.254 e. The molecule has 1 saturated carbocycles. The van der Waals surface area contributed by atoms with Crippen LogP contribution in [0.3, 0.4) is 0 Å². The number of allylic oxidation sites excluding steroid dienone is 1. The van der Waals surface area contributed by atoms with Gasteiger partial charge in [0.2, 0.25) is 5.79 Å². The highest BCUT2D eigenvalue weighted by Gasteiger charge is 2.65. The molecule has 1 fully saturated rings. The Morgan fingerprint density at radius 3 is 2.40 bits per heavy atom. The Hall–Kier alpha value is -4.44. The van der Waals surface area contributed by atoms with Crippen LogP contribution in [0.15, 0.2) is 103 Å². The van der Waals surface area contributed by atoms with Gasteiger partial charge in [-0.15, -0.1) is 6.58 Å². The average molecular weight is 779 g/mol. The van der Waals surface area contributed by atoms with E-state index >= 15 is 4.79 Å². The lowest BCUT2D eigenvalue weighted by atomic mass is 9.55. The van der Waals surface area contributed by atoms with Crippen molar-refractivity contribution in [3.05, 3.63) is 109 Å². The van der Waals surface area contributed by atoms with Crippen molar-refractivity contribution in [2.75, 3.05) is 33.0 Å². The maximum absolute atomic E-state index is 15.1. The molecular formula is C48H62N2O7. The summed E-state index contributed by atoms with van der Waals surface area (Å²) in [5.74, 6) is -0.288. The van der Waals surface area contributed by atoms with E-state index in [-0.39, 0.29) is 43.5 Å². The molecule has 6 atom stereocenters. The van der Waals surface area contributed by atoms with Crippen LogP contribution in [-0.4, -0.2) is 77.1 Å². The lowest BCUT2D eigenvalue weighted by Crippen LogP contribution is -2.70. The molecule has 306 valence electrons. The predicted octanol–water partition coefficient (Wildman–Crippen LogP) is 9.39. The van der Waals surface area contributed by atoms with Gasteiger partial charge in [0.1, 0.15) is 29.7 Å². The molecule has 6 rings (SSSR count). The maximum atomic E-state index is 15.1. The summed E-state index contributed by atoms with van der Waals surface area (Å²) in [4.78, 5) is 23.3. The van der Waals surface area contributed by atoms with Gasteiger partial charge in [0, 0.05) is 43.2 Å². The molecule has 1 amide bonds. The number of carbonyl (C=O) groups is 1. The molecule has 3 aliphatic rings. The largest absolute Gasteiger partial charge is 0.490 e. The van der Waals surface area contributed by atoms with E-state index in [9.17, 15) is 10.2 Å². The number of unbranched alkanes of at least 4 members (excludes halogenated alkanes) is 2. The lowest BCUT2D eigenvalue weighted by Gasteiger charge is -2.60. The minimum Gasteiger partial charge on any atom is -0.490 e. The van der Waals surface area contributed by atoms with E-state index in [0.29, 0.717) is 50.1 Å². The van der Waals surface area contributed by atoms with Crippen molar-refractivity contribution in [3.63, 3.8) is 0 Å². The van der Waals surface area contributed by atoms with E-state index in [4.69, 9.17) is 24.2 Å². The molecule has 2 N–H and O–H groups in total. The minimum atomic E-state index is -1.32. The normalized spacial score (nSPS) is 24.5. The second-order valence-corrected chi connectivity index (χ2v) is 16.6. The van der Waals surface area contributed by atoms with Gasteiger partial charge in [-0.25, -0.2) is 0 Å². The fourth-order valence-electron chi connectivity index (χ4n) is 9.21. The Morgan fingerprint density at radius 1 is 0.965 bits per heavy atom. The fraction of sp³-hybridized carbons (Fsp3) is 0.500. The molecule has 0 aromatic heterocycles. The third-order valence-electron chi connectivity index (χ3n) is 11.5. The van der Waals surface area contributed by atoms with Crippen LogP contribution in [0.25, 0.3) is 10.8 Å². The zero-order chi connectivity index (χ0) is 40.6. The molecule has 2 aliphatic carbocycles. The molecule has 3 aromatic carbocycles. The first-order valence-corrected chi connectivity index (χ1v) is 20.9. The second kappa shape index (κ2) is 18.9. The van der Waals surface area contributed by atoms with E-state index < -0.39 is 23.3 Å². The molecule has 0 bridgehead atoms. The summed E-state index contributed by atoms with van der Waals surface area (Å²) in [7, 11) is 0. The number of oxime groups is 1. The first-order chi connectivity index (χ1) is 27.6. The Labute approximate surface area is 339 Å². The zero-order valence-electron chi connectivity index (χ0n) is 34.3. The number of hydrogen-bond donors (Lipinski definition) is 2. The number of aliphatic hydroxyl groups is 2. The monoisotopic (exact) mass is 778 g/mol. The van der Waals surface area contributed by atoms with Gasteiger partial charge in [-0.3, -0.25) is 4.79 Å². The first-order valence-electron chi connectivity index (χ1n) is 20.9. The van der Waals surface area contributed by atoms with Gasteiger partial charge in [-0.05, 0) is 111 Å². The molecule has 0 radical (unpaired) electrons. The van der Waals surface area contributed by atoms with Crippen LogP contribution in [0.2, 0.25) is 0 Å². The summed E-state index contributed by atoms with van der Waals surface area (Å²) in [6, 6.07) is 19.4.